The van der Waals surface area contributed by atoms with Gasteiger partial charge in [0.2, 0.25) is 0 Å². The molecule has 1 atom stereocenters. The van der Waals surface area contributed by atoms with Gasteiger partial charge in [0.25, 0.3) is 0 Å². The summed E-state index contributed by atoms with van der Waals surface area (Å²) < 4.78 is 5.17. The van der Waals surface area contributed by atoms with Crippen LogP contribution in [0.2, 0.25) is 0 Å². The predicted molar refractivity (Wildman–Crippen MR) is 91.0 cm³/mol. The predicted octanol–water partition coefficient (Wildman–Crippen LogP) is 3.54. The van der Waals surface area contributed by atoms with Crippen LogP contribution in [0.3, 0.4) is 0 Å². The summed E-state index contributed by atoms with van der Waals surface area (Å²) in [7, 11) is 1.54. The molecule has 0 saturated heterocycles. The molecular weight excluding hydrogens is 296 g/mol. The first-order chi connectivity index (χ1) is 10.7. The van der Waals surface area contributed by atoms with Crippen molar-refractivity contribution in [1.29, 1.82) is 0 Å². The number of nitrogens with two attached hydrogens (primary N) is 1. The minimum atomic E-state index is 0.0298. The minimum Gasteiger partial charge on any atom is -0.504 e. The first kappa shape index (κ1) is 14.5. The molecule has 0 spiro atoms. The lowest BCUT2D eigenvalue weighted by molar-refractivity contribution is 0.373. The Morgan fingerprint density at radius 2 is 1.95 bits per heavy atom. The second kappa shape index (κ2) is 6.15. The molecule has 0 fully saturated rings. The normalized spacial score (nSPS) is 17.6. The first-order valence-corrected chi connectivity index (χ1v) is 7.70. The zero-order valence-corrected chi connectivity index (χ0v) is 12.9. The molecule has 112 valence electrons. The van der Waals surface area contributed by atoms with Gasteiger partial charge in [-0.05, 0) is 29.3 Å². The molecule has 0 aromatic heterocycles. The van der Waals surface area contributed by atoms with E-state index in [0.717, 1.165) is 16.8 Å². The van der Waals surface area contributed by atoms with Crippen molar-refractivity contribution in [3.8, 4) is 11.5 Å². The number of methoxy groups -OCH3 is 1. The van der Waals surface area contributed by atoms with Crippen LogP contribution in [0, 0.1) is 0 Å². The van der Waals surface area contributed by atoms with E-state index in [-0.39, 0.29) is 11.0 Å². The van der Waals surface area contributed by atoms with Gasteiger partial charge in [0, 0.05) is 0 Å². The van der Waals surface area contributed by atoms with Gasteiger partial charge in [0.1, 0.15) is 0 Å². The van der Waals surface area contributed by atoms with Gasteiger partial charge in [-0.1, -0.05) is 48.2 Å². The summed E-state index contributed by atoms with van der Waals surface area (Å²) in [5.41, 5.74) is 8.87. The number of phenols is 1. The number of aliphatic imine (C=N–C) groups is 1. The van der Waals surface area contributed by atoms with Gasteiger partial charge in [-0.15, -0.1) is 0 Å². The molecule has 1 aliphatic rings. The SMILES string of the molecule is COc1cc(C2C=C(c3ccccc3)N=C(N)S2)ccc1O. The molecule has 2 aromatic carbocycles. The van der Waals surface area contributed by atoms with Gasteiger partial charge >= 0.3 is 0 Å². The van der Waals surface area contributed by atoms with E-state index in [9.17, 15) is 5.11 Å². The molecule has 0 aliphatic carbocycles. The smallest absolute Gasteiger partial charge is 0.160 e. The molecule has 0 saturated carbocycles. The minimum absolute atomic E-state index is 0.0298. The Morgan fingerprint density at radius 1 is 1.18 bits per heavy atom. The molecule has 0 amide bonds. The summed E-state index contributed by atoms with van der Waals surface area (Å²) in [6.07, 6.45) is 2.07. The van der Waals surface area contributed by atoms with E-state index in [1.54, 1.807) is 6.07 Å². The highest BCUT2D eigenvalue weighted by atomic mass is 32.2. The maximum Gasteiger partial charge on any atom is 0.160 e. The Hall–Kier alpha value is -2.40. The molecule has 1 heterocycles. The molecular formula is C17H16N2O2S. The fourth-order valence-electron chi connectivity index (χ4n) is 2.29. The van der Waals surface area contributed by atoms with Crippen molar-refractivity contribution in [2.24, 2.45) is 10.7 Å². The number of hydrogen-bond donors (Lipinski definition) is 2. The van der Waals surface area contributed by atoms with Crippen LogP contribution < -0.4 is 10.5 Å². The van der Waals surface area contributed by atoms with Crippen molar-refractivity contribution >= 4 is 22.6 Å². The van der Waals surface area contributed by atoms with Gasteiger partial charge in [-0.3, -0.25) is 0 Å². The van der Waals surface area contributed by atoms with Crippen molar-refractivity contribution in [2.45, 2.75) is 5.25 Å². The molecule has 0 bridgehead atoms. The van der Waals surface area contributed by atoms with Gasteiger partial charge in [0.15, 0.2) is 16.7 Å². The third-order valence-corrected chi connectivity index (χ3v) is 4.38. The Bertz CT molecular complexity index is 742. The van der Waals surface area contributed by atoms with Crippen LogP contribution >= 0.6 is 11.8 Å². The van der Waals surface area contributed by atoms with Crippen LogP contribution in [-0.4, -0.2) is 17.4 Å². The summed E-state index contributed by atoms with van der Waals surface area (Å²) in [5.74, 6) is 0.579. The van der Waals surface area contributed by atoms with Crippen molar-refractivity contribution in [1.82, 2.24) is 0 Å². The average Bonchev–Trinajstić information content (AvgIpc) is 2.55. The molecule has 2 aromatic rings. The summed E-state index contributed by atoms with van der Waals surface area (Å²) in [4.78, 5) is 4.43. The number of nitrogens with zero attached hydrogens (tertiary/aromatic N) is 1. The highest BCUT2D eigenvalue weighted by Crippen LogP contribution is 2.40. The van der Waals surface area contributed by atoms with E-state index in [1.807, 2.05) is 42.5 Å². The molecule has 1 aliphatic heterocycles. The van der Waals surface area contributed by atoms with Gasteiger partial charge in [0.05, 0.1) is 18.1 Å². The van der Waals surface area contributed by atoms with Crippen LogP contribution in [0.25, 0.3) is 5.70 Å². The maximum atomic E-state index is 9.72. The van der Waals surface area contributed by atoms with Gasteiger partial charge in [-0.25, -0.2) is 4.99 Å². The molecule has 22 heavy (non-hydrogen) atoms. The molecule has 4 nitrogen and oxygen atoms in total. The Labute approximate surface area is 133 Å². The van der Waals surface area contributed by atoms with E-state index in [0.29, 0.717) is 10.9 Å². The van der Waals surface area contributed by atoms with Crippen LogP contribution in [0.15, 0.2) is 59.6 Å². The lowest BCUT2D eigenvalue weighted by Crippen LogP contribution is -2.13. The topological polar surface area (TPSA) is 67.8 Å². The van der Waals surface area contributed by atoms with E-state index in [2.05, 4.69) is 11.1 Å². The number of benzene rings is 2. The Morgan fingerprint density at radius 3 is 2.68 bits per heavy atom. The summed E-state index contributed by atoms with van der Waals surface area (Å²) >= 11 is 1.48. The maximum absolute atomic E-state index is 9.72. The second-order valence-corrected chi connectivity index (χ2v) is 6.00. The number of aromatic hydroxyl groups is 1. The standard InChI is InChI=1S/C17H16N2O2S/c1-21-15-9-12(7-8-14(15)20)16-10-13(19-17(18)22-16)11-5-3-2-4-6-11/h2-10,16,20H,1H3,(H2,18,19). The number of phenolic OH excluding ortho intramolecular Hbond substituents is 1. The second-order valence-electron chi connectivity index (χ2n) is 4.84. The van der Waals surface area contributed by atoms with E-state index in [4.69, 9.17) is 10.5 Å². The summed E-state index contributed by atoms with van der Waals surface area (Å²) in [5, 5.41) is 10.3. The third kappa shape index (κ3) is 2.94. The number of amidine groups is 1. The molecule has 3 rings (SSSR count). The molecule has 3 N–H and O–H groups in total. The molecule has 5 heteroatoms. The quantitative estimate of drug-likeness (QED) is 0.909. The van der Waals surface area contributed by atoms with Gasteiger partial charge in [-0.2, -0.15) is 0 Å². The summed E-state index contributed by atoms with van der Waals surface area (Å²) in [6, 6.07) is 15.3. The summed E-state index contributed by atoms with van der Waals surface area (Å²) in [6.45, 7) is 0. The van der Waals surface area contributed by atoms with Crippen molar-refractivity contribution in [3.63, 3.8) is 0 Å². The van der Waals surface area contributed by atoms with Crippen molar-refractivity contribution in [2.75, 3.05) is 7.11 Å². The highest BCUT2D eigenvalue weighted by Gasteiger charge is 2.19. The monoisotopic (exact) mass is 312 g/mol. The van der Waals surface area contributed by atoms with Crippen LogP contribution in [0.5, 0.6) is 11.5 Å². The van der Waals surface area contributed by atoms with E-state index >= 15 is 0 Å². The average molecular weight is 312 g/mol. The number of rotatable bonds is 3. The number of hydrogen-bond acceptors (Lipinski definition) is 5. The number of ether oxygens (including phenoxy) is 1. The third-order valence-electron chi connectivity index (χ3n) is 3.39. The highest BCUT2D eigenvalue weighted by molar-refractivity contribution is 8.14. The van der Waals surface area contributed by atoms with Crippen LogP contribution in [0.1, 0.15) is 16.4 Å². The lowest BCUT2D eigenvalue weighted by Gasteiger charge is -2.19. The zero-order valence-electron chi connectivity index (χ0n) is 12.1. The van der Waals surface area contributed by atoms with Crippen molar-refractivity contribution in [3.05, 3.63) is 65.7 Å². The Kier molecular flexibility index (Phi) is 4.06. The van der Waals surface area contributed by atoms with Crippen molar-refractivity contribution < 1.29 is 9.84 Å². The fraction of sp³-hybridized carbons (Fsp3) is 0.118. The van der Waals surface area contributed by atoms with Crippen LogP contribution in [-0.2, 0) is 0 Å². The number of thioether (sulfide) groups is 1. The largest absolute Gasteiger partial charge is 0.504 e. The molecule has 0 radical (unpaired) electrons. The first-order valence-electron chi connectivity index (χ1n) is 6.82. The molecule has 1 unspecified atom stereocenters. The Balaban J connectivity index is 1.98. The van der Waals surface area contributed by atoms with E-state index in [1.165, 1.54) is 18.9 Å². The lowest BCUT2D eigenvalue weighted by atomic mass is 10.1. The fourth-order valence-corrected chi connectivity index (χ4v) is 3.19. The van der Waals surface area contributed by atoms with Gasteiger partial charge < -0.3 is 15.6 Å². The zero-order chi connectivity index (χ0) is 15.5. The van der Waals surface area contributed by atoms with E-state index < -0.39 is 0 Å². The van der Waals surface area contributed by atoms with Crippen LogP contribution in [0.4, 0.5) is 0 Å².